The minimum atomic E-state index is -0.336. The summed E-state index contributed by atoms with van der Waals surface area (Å²) in [5.74, 6) is -0.306. The van der Waals surface area contributed by atoms with Gasteiger partial charge in [0, 0.05) is 54.4 Å². The summed E-state index contributed by atoms with van der Waals surface area (Å²) in [7, 11) is 0. The van der Waals surface area contributed by atoms with Gasteiger partial charge in [0.1, 0.15) is 12.4 Å². The van der Waals surface area contributed by atoms with Crippen molar-refractivity contribution in [1.82, 2.24) is 24.6 Å². The molecule has 0 unspecified atom stereocenters. The normalized spacial score (nSPS) is 14.8. The molecule has 4 aromatic rings. The van der Waals surface area contributed by atoms with Crippen LogP contribution in [0.3, 0.4) is 0 Å². The zero-order valence-corrected chi connectivity index (χ0v) is 19.7. The third kappa shape index (κ3) is 4.51. The van der Waals surface area contributed by atoms with Crippen molar-refractivity contribution >= 4 is 39.9 Å². The largest absolute Gasteiger partial charge is 0.339 e. The van der Waals surface area contributed by atoms with Gasteiger partial charge in [-0.15, -0.1) is 11.3 Å². The molecular formula is C24H23ClFN5OS. The molecule has 1 saturated heterocycles. The van der Waals surface area contributed by atoms with E-state index < -0.39 is 0 Å². The molecule has 1 aliphatic rings. The molecule has 0 aliphatic carbocycles. The summed E-state index contributed by atoms with van der Waals surface area (Å²) in [4.78, 5) is 22.8. The highest BCUT2D eigenvalue weighted by Gasteiger charge is 2.23. The van der Waals surface area contributed by atoms with E-state index in [4.69, 9.17) is 11.6 Å². The molecule has 4 heterocycles. The molecule has 1 amide bonds. The number of benzene rings is 1. The Bertz CT molecular complexity index is 1300. The van der Waals surface area contributed by atoms with Gasteiger partial charge in [-0.1, -0.05) is 23.7 Å². The number of rotatable bonds is 5. The first-order valence-corrected chi connectivity index (χ1v) is 12.1. The molecule has 0 saturated carbocycles. The van der Waals surface area contributed by atoms with E-state index in [-0.39, 0.29) is 18.3 Å². The molecule has 9 heteroatoms. The van der Waals surface area contributed by atoms with Crippen molar-refractivity contribution in [3.8, 4) is 10.4 Å². The number of fused-ring (bicyclic) bond motifs is 1. The van der Waals surface area contributed by atoms with Crippen molar-refractivity contribution in [2.24, 2.45) is 0 Å². The summed E-state index contributed by atoms with van der Waals surface area (Å²) in [6.07, 6.45) is 1.78. The fraction of sp³-hybridized carbons (Fsp3) is 0.292. The van der Waals surface area contributed by atoms with Gasteiger partial charge in [-0.05, 0) is 42.1 Å². The van der Waals surface area contributed by atoms with Crippen LogP contribution < -0.4 is 0 Å². The third-order valence-electron chi connectivity index (χ3n) is 6.01. The van der Waals surface area contributed by atoms with Gasteiger partial charge in [0.25, 0.3) is 0 Å². The Labute approximate surface area is 200 Å². The van der Waals surface area contributed by atoms with Gasteiger partial charge < -0.3 is 4.90 Å². The van der Waals surface area contributed by atoms with Crippen molar-refractivity contribution in [1.29, 1.82) is 0 Å². The summed E-state index contributed by atoms with van der Waals surface area (Å²) in [5, 5.41) is 8.12. The zero-order valence-electron chi connectivity index (χ0n) is 18.2. The fourth-order valence-corrected chi connectivity index (χ4v) is 5.29. The van der Waals surface area contributed by atoms with E-state index in [2.05, 4.69) is 26.4 Å². The Balaban J connectivity index is 1.26. The van der Waals surface area contributed by atoms with E-state index in [0.29, 0.717) is 24.7 Å². The minimum Gasteiger partial charge on any atom is -0.339 e. The van der Waals surface area contributed by atoms with Gasteiger partial charge in [0.15, 0.2) is 5.65 Å². The maximum Gasteiger partial charge on any atom is 0.244 e. The molecule has 0 spiro atoms. The Kier molecular flexibility index (Phi) is 6.14. The number of halogens is 2. The first-order valence-electron chi connectivity index (χ1n) is 10.8. The van der Waals surface area contributed by atoms with Crippen LogP contribution in [0.5, 0.6) is 0 Å². The average molecular weight is 484 g/mol. The average Bonchev–Trinajstić information content (AvgIpc) is 3.45. The molecule has 1 fully saturated rings. The Hall–Kier alpha value is -2.81. The van der Waals surface area contributed by atoms with Crippen LogP contribution in [0.4, 0.5) is 4.39 Å². The van der Waals surface area contributed by atoms with E-state index in [1.54, 1.807) is 28.3 Å². The van der Waals surface area contributed by atoms with Crippen molar-refractivity contribution in [2.45, 2.75) is 20.0 Å². The summed E-state index contributed by atoms with van der Waals surface area (Å²) in [6.45, 7) is 5.49. The lowest BCUT2D eigenvalue weighted by Crippen LogP contribution is -2.49. The molecule has 0 radical (unpaired) electrons. The van der Waals surface area contributed by atoms with Gasteiger partial charge in [0.2, 0.25) is 5.91 Å². The van der Waals surface area contributed by atoms with Crippen LogP contribution in [0, 0.1) is 12.7 Å². The molecule has 5 rings (SSSR count). The van der Waals surface area contributed by atoms with Gasteiger partial charge in [0.05, 0.1) is 11.1 Å². The zero-order chi connectivity index (χ0) is 22.9. The van der Waals surface area contributed by atoms with E-state index in [1.165, 1.54) is 12.1 Å². The number of hydrogen-bond acceptors (Lipinski definition) is 5. The second-order valence-electron chi connectivity index (χ2n) is 8.17. The number of carbonyl (C=O) groups excluding carboxylic acids is 1. The number of amides is 1. The van der Waals surface area contributed by atoms with E-state index in [9.17, 15) is 9.18 Å². The second kappa shape index (κ2) is 9.21. The molecule has 3 aromatic heterocycles. The Morgan fingerprint density at radius 3 is 2.73 bits per heavy atom. The van der Waals surface area contributed by atoms with E-state index >= 15 is 0 Å². The number of thiophene rings is 1. The van der Waals surface area contributed by atoms with Crippen molar-refractivity contribution in [3.05, 3.63) is 70.1 Å². The predicted octanol–water partition coefficient (Wildman–Crippen LogP) is 4.61. The highest BCUT2D eigenvalue weighted by Crippen LogP contribution is 2.32. The highest BCUT2D eigenvalue weighted by molar-refractivity contribution is 7.13. The summed E-state index contributed by atoms with van der Waals surface area (Å²) < 4.78 is 15.0. The highest BCUT2D eigenvalue weighted by atomic mass is 35.5. The van der Waals surface area contributed by atoms with E-state index in [1.807, 2.05) is 24.0 Å². The molecule has 0 atom stereocenters. The van der Waals surface area contributed by atoms with Crippen molar-refractivity contribution < 1.29 is 9.18 Å². The van der Waals surface area contributed by atoms with Crippen LogP contribution in [-0.4, -0.2) is 56.7 Å². The number of aromatic nitrogens is 3. The standard InChI is InChI=1S/C24H23ClFN5OS/c1-16-23-19(21-3-2-12-33-21)6-7-27-24(23)31(28-16)15-22(32)30-10-8-29(9-11-30)14-17-4-5-18(26)13-20(17)25/h2-7,12-13H,8-11,14-15H2,1H3. The molecule has 170 valence electrons. The van der Waals surface area contributed by atoms with Crippen LogP contribution in [0.2, 0.25) is 5.02 Å². The quantitative estimate of drug-likeness (QED) is 0.416. The van der Waals surface area contributed by atoms with Gasteiger partial charge in [-0.25, -0.2) is 14.1 Å². The number of piperazine rings is 1. The predicted molar refractivity (Wildman–Crippen MR) is 129 cm³/mol. The van der Waals surface area contributed by atoms with E-state index in [0.717, 1.165) is 45.8 Å². The number of hydrogen-bond donors (Lipinski definition) is 0. The van der Waals surface area contributed by atoms with Gasteiger partial charge in [-0.3, -0.25) is 9.69 Å². The maximum absolute atomic E-state index is 13.3. The first kappa shape index (κ1) is 22.0. The molecule has 6 nitrogen and oxygen atoms in total. The fourth-order valence-electron chi connectivity index (χ4n) is 4.30. The lowest BCUT2D eigenvalue weighted by molar-refractivity contribution is -0.133. The molecule has 1 aromatic carbocycles. The monoisotopic (exact) mass is 483 g/mol. The van der Waals surface area contributed by atoms with Crippen LogP contribution >= 0.6 is 22.9 Å². The molecule has 33 heavy (non-hydrogen) atoms. The molecule has 0 bridgehead atoms. The van der Waals surface area contributed by atoms with Gasteiger partial charge in [-0.2, -0.15) is 5.10 Å². The summed E-state index contributed by atoms with van der Waals surface area (Å²) in [6, 6.07) is 10.6. The summed E-state index contributed by atoms with van der Waals surface area (Å²) >= 11 is 7.84. The molecule has 0 N–H and O–H groups in total. The maximum atomic E-state index is 13.3. The van der Waals surface area contributed by atoms with Crippen LogP contribution in [0.25, 0.3) is 21.5 Å². The summed E-state index contributed by atoms with van der Waals surface area (Å²) in [5.41, 5.74) is 3.59. The molecule has 1 aliphatic heterocycles. The van der Waals surface area contributed by atoms with Crippen molar-refractivity contribution in [3.63, 3.8) is 0 Å². The SMILES string of the molecule is Cc1nn(CC(=O)N2CCN(Cc3ccc(F)cc3Cl)CC2)c2nccc(-c3cccs3)c12. The lowest BCUT2D eigenvalue weighted by atomic mass is 10.1. The van der Waals surface area contributed by atoms with Crippen LogP contribution in [0.15, 0.2) is 48.0 Å². The number of carbonyl (C=O) groups is 1. The minimum absolute atomic E-state index is 0.0298. The van der Waals surface area contributed by atoms with Crippen LogP contribution in [-0.2, 0) is 17.9 Å². The van der Waals surface area contributed by atoms with Crippen molar-refractivity contribution in [2.75, 3.05) is 26.2 Å². The number of nitrogens with zero attached hydrogens (tertiary/aromatic N) is 5. The number of pyridine rings is 1. The van der Waals surface area contributed by atoms with Gasteiger partial charge >= 0.3 is 0 Å². The Morgan fingerprint density at radius 1 is 1.18 bits per heavy atom. The lowest BCUT2D eigenvalue weighted by Gasteiger charge is -2.35. The molecular weight excluding hydrogens is 461 g/mol. The van der Waals surface area contributed by atoms with Crippen LogP contribution in [0.1, 0.15) is 11.3 Å². The first-order chi connectivity index (χ1) is 16.0. The Morgan fingerprint density at radius 2 is 2.00 bits per heavy atom. The smallest absolute Gasteiger partial charge is 0.244 e. The second-order valence-corrected chi connectivity index (χ2v) is 9.53. The number of aryl methyl sites for hydroxylation is 1. The third-order valence-corrected chi connectivity index (χ3v) is 7.27. The topological polar surface area (TPSA) is 54.3 Å².